The fourth-order valence-corrected chi connectivity index (χ4v) is 1.62. The molecule has 0 aromatic heterocycles. The van der Waals surface area contributed by atoms with Crippen molar-refractivity contribution in [3.8, 4) is 0 Å². The van der Waals surface area contributed by atoms with Crippen molar-refractivity contribution >= 4 is 12.0 Å². The molecule has 0 spiro atoms. The average molecular weight is 250 g/mol. The van der Waals surface area contributed by atoms with Gasteiger partial charge in [0.1, 0.15) is 0 Å². The van der Waals surface area contributed by atoms with Crippen LogP contribution in [-0.2, 0) is 4.79 Å². The molecule has 1 rings (SSSR count). The van der Waals surface area contributed by atoms with E-state index in [1.54, 1.807) is 0 Å². The van der Waals surface area contributed by atoms with Crippen LogP contribution in [0.5, 0.6) is 0 Å². The summed E-state index contributed by atoms with van der Waals surface area (Å²) in [5.41, 5.74) is 1.04. The van der Waals surface area contributed by atoms with E-state index in [0.29, 0.717) is 6.42 Å². The van der Waals surface area contributed by atoms with Crippen LogP contribution in [0.4, 0.5) is 0 Å². The predicted molar refractivity (Wildman–Crippen MR) is 69.0 cm³/mol. The first kappa shape index (κ1) is 14.4. The first-order chi connectivity index (χ1) is 8.58. The second-order valence-electron chi connectivity index (χ2n) is 4.19. The van der Waals surface area contributed by atoms with Gasteiger partial charge in [-0.3, -0.25) is 4.79 Å². The van der Waals surface area contributed by atoms with Crippen LogP contribution in [0.1, 0.15) is 24.8 Å². The number of aliphatic hydroxyl groups excluding tert-OH is 2. The minimum absolute atomic E-state index is 0.0748. The number of aliphatic carboxylic acids is 1. The molecule has 4 nitrogen and oxygen atoms in total. The summed E-state index contributed by atoms with van der Waals surface area (Å²) in [5.74, 6) is -1.06. The van der Waals surface area contributed by atoms with Gasteiger partial charge in [-0.1, -0.05) is 42.5 Å². The molecule has 2 unspecified atom stereocenters. The van der Waals surface area contributed by atoms with Gasteiger partial charge in [-0.05, 0) is 12.0 Å². The summed E-state index contributed by atoms with van der Waals surface area (Å²) in [7, 11) is 0. The minimum Gasteiger partial charge on any atom is -0.481 e. The Morgan fingerprint density at radius 2 is 1.83 bits per heavy atom. The van der Waals surface area contributed by atoms with Crippen molar-refractivity contribution in [1.82, 2.24) is 0 Å². The van der Waals surface area contributed by atoms with Crippen molar-refractivity contribution in [2.75, 3.05) is 0 Å². The molecule has 18 heavy (non-hydrogen) atoms. The lowest BCUT2D eigenvalue weighted by atomic mass is 10.1. The molecule has 98 valence electrons. The molecule has 1 aromatic rings. The molecule has 0 aliphatic heterocycles. The van der Waals surface area contributed by atoms with Crippen molar-refractivity contribution in [1.29, 1.82) is 0 Å². The van der Waals surface area contributed by atoms with Gasteiger partial charge in [-0.25, -0.2) is 0 Å². The molecule has 4 heteroatoms. The molecule has 0 saturated heterocycles. The molecule has 0 fully saturated rings. The number of carbonyl (C=O) groups is 1. The average Bonchev–Trinajstić information content (AvgIpc) is 2.29. The van der Waals surface area contributed by atoms with E-state index in [0.717, 1.165) is 5.56 Å². The molecule has 1 aromatic carbocycles. The molecule has 0 heterocycles. The standard InChI is InChI=1S/C14H18O4/c15-12(9-13(16)10-14(17)18)8-4-7-11-5-2-1-3-6-11/h1-7,12-13,15-16H,8-10H2,(H,17,18). The summed E-state index contributed by atoms with van der Waals surface area (Å²) in [5, 5.41) is 27.4. The van der Waals surface area contributed by atoms with Crippen LogP contribution in [0.2, 0.25) is 0 Å². The fraction of sp³-hybridized carbons (Fsp3) is 0.357. The quantitative estimate of drug-likeness (QED) is 0.688. The molecule has 2 atom stereocenters. The lowest BCUT2D eigenvalue weighted by molar-refractivity contribution is -0.139. The maximum absolute atomic E-state index is 10.3. The Morgan fingerprint density at radius 3 is 2.44 bits per heavy atom. The predicted octanol–water partition coefficient (Wildman–Crippen LogP) is 1.68. The lowest BCUT2D eigenvalue weighted by Crippen LogP contribution is -2.20. The largest absolute Gasteiger partial charge is 0.481 e. The van der Waals surface area contributed by atoms with E-state index < -0.39 is 18.2 Å². The van der Waals surface area contributed by atoms with Gasteiger partial charge in [0.15, 0.2) is 0 Å². The molecule has 0 amide bonds. The third-order valence-electron chi connectivity index (χ3n) is 2.47. The number of carboxylic acids is 1. The zero-order valence-electron chi connectivity index (χ0n) is 10.1. The van der Waals surface area contributed by atoms with Crippen LogP contribution in [0, 0.1) is 0 Å². The maximum Gasteiger partial charge on any atom is 0.305 e. The molecule has 0 aliphatic rings. The van der Waals surface area contributed by atoms with E-state index in [1.165, 1.54) is 0 Å². The van der Waals surface area contributed by atoms with Gasteiger partial charge in [0.05, 0.1) is 18.6 Å². The van der Waals surface area contributed by atoms with Crippen LogP contribution < -0.4 is 0 Å². The molecule has 3 N–H and O–H groups in total. The zero-order valence-corrected chi connectivity index (χ0v) is 10.1. The molecule has 0 radical (unpaired) electrons. The van der Waals surface area contributed by atoms with Crippen LogP contribution in [0.15, 0.2) is 36.4 Å². The number of hydrogen-bond acceptors (Lipinski definition) is 3. The Kier molecular flexibility index (Phi) is 6.11. The summed E-state index contributed by atoms with van der Waals surface area (Å²) in [6.45, 7) is 0. The van der Waals surface area contributed by atoms with Crippen LogP contribution in [0.25, 0.3) is 6.08 Å². The van der Waals surface area contributed by atoms with E-state index in [1.807, 2.05) is 42.5 Å². The molecule has 0 saturated carbocycles. The Morgan fingerprint density at radius 1 is 1.17 bits per heavy atom. The Hall–Kier alpha value is -1.65. The normalized spacial score (nSPS) is 14.6. The van der Waals surface area contributed by atoms with Gasteiger partial charge in [0.2, 0.25) is 0 Å². The van der Waals surface area contributed by atoms with Gasteiger partial charge >= 0.3 is 5.97 Å². The second-order valence-corrected chi connectivity index (χ2v) is 4.19. The summed E-state index contributed by atoms with van der Waals surface area (Å²) in [6.07, 6.45) is 2.11. The second kappa shape index (κ2) is 7.63. The Balaban J connectivity index is 2.30. The Labute approximate surface area is 106 Å². The van der Waals surface area contributed by atoms with Gasteiger partial charge in [0.25, 0.3) is 0 Å². The third-order valence-corrected chi connectivity index (χ3v) is 2.47. The third kappa shape index (κ3) is 6.18. The number of carboxylic acid groups (broad SMARTS) is 1. The molecular weight excluding hydrogens is 232 g/mol. The van der Waals surface area contributed by atoms with Crippen LogP contribution in [-0.4, -0.2) is 33.5 Å². The number of hydrogen-bond donors (Lipinski definition) is 3. The molecular formula is C14H18O4. The van der Waals surface area contributed by atoms with E-state index in [-0.39, 0.29) is 12.8 Å². The molecule has 0 aliphatic carbocycles. The SMILES string of the molecule is O=C(O)CC(O)CC(O)CC=Cc1ccccc1. The first-order valence-electron chi connectivity index (χ1n) is 5.87. The highest BCUT2D eigenvalue weighted by Gasteiger charge is 2.13. The smallest absolute Gasteiger partial charge is 0.305 e. The number of benzene rings is 1. The van der Waals surface area contributed by atoms with Gasteiger partial charge in [-0.2, -0.15) is 0 Å². The van der Waals surface area contributed by atoms with E-state index in [2.05, 4.69) is 0 Å². The van der Waals surface area contributed by atoms with Crippen molar-refractivity contribution < 1.29 is 20.1 Å². The lowest BCUT2D eigenvalue weighted by Gasteiger charge is -2.12. The monoisotopic (exact) mass is 250 g/mol. The van der Waals surface area contributed by atoms with Crippen molar-refractivity contribution in [2.24, 2.45) is 0 Å². The first-order valence-corrected chi connectivity index (χ1v) is 5.87. The topological polar surface area (TPSA) is 77.8 Å². The van der Waals surface area contributed by atoms with Crippen molar-refractivity contribution in [2.45, 2.75) is 31.5 Å². The van der Waals surface area contributed by atoms with Crippen LogP contribution in [0.3, 0.4) is 0 Å². The highest BCUT2D eigenvalue weighted by Crippen LogP contribution is 2.08. The van der Waals surface area contributed by atoms with Gasteiger partial charge in [-0.15, -0.1) is 0 Å². The van der Waals surface area contributed by atoms with Gasteiger partial charge in [0, 0.05) is 6.42 Å². The Bertz CT molecular complexity index is 386. The highest BCUT2D eigenvalue weighted by atomic mass is 16.4. The van der Waals surface area contributed by atoms with Crippen LogP contribution >= 0.6 is 0 Å². The zero-order chi connectivity index (χ0) is 13.4. The molecule has 0 bridgehead atoms. The maximum atomic E-state index is 10.3. The van der Waals surface area contributed by atoms with E-state index in [9.17, 15) is 15.0 Å². The number of rotatable bonds is 7. The summed E-state index contributed by atoms with van der Waals surface area (Å²) >= 11 is 0. The van der Waals surface area contributed by atoms with Crippen molar-refractivity contribution in [3.05, 3.63) is 42.0 Å². The fourth-order valence-electron chi connectivity index (χ4n) is 1.62. The number of aliphatic hydroxyl groups is 2. The highest BCUT2D eigenvalue weighted by molar-refractivity contribution is 5.67. The summed E-state index contributed by atoms with van der Waals surface area (Å²) in [4.78, 5) is 10.3. The van der Waals surface area contributed by atoms with E-state index >= 15 is 0 Å². The summed E-state index contributed by atoms with van der Waals surface area (Å²) in [6, 6.07) is 9.66. The van der Waals surface area contributed by atoms with Gasteiger partial charge < -0.3 is 15.3 Å². The van der Waals surface area contributed by atoms with E-state index in [4.69, 9.17) is 5.11 Å². The summed E-state index contributed by atoms with van der Waals surface area (Å²) < 4.78 is 0. The van der Waals surface area contributed by atoms with Crippen molar-refractivity contribution in [3.63, 3.8) is 0 Å². The minimum atomic E-state index is -1.06.